The number of ether oxygens (including phenoxy) is 3. The van der Waals surface area contributed by atoms with Gasteiger partial charge >= 0.3 is 17.9 Å². The van der Waals surface area contributed by atoms with Crippen molar-refractivity contribution in [2.75, 3.05) is 13.2 Å². The normalized spacial score (nSPS) is 12.5. The van der Waals surface area contributed by atoms with Crippen LogP contribution in [0.3, 0.4) is 0 Å². The van der Waals surface area contributed by atoms with E-state index >= 15 is 0 Å². The Morgan fingerprint density at radius 3 is 0.919 bits per heavy atom. The molecule has 0 aliphatic rings. The van der Waals surface area contributed by atoms with E-state index in [1.807, 2.05) is 0 Å². The number of esters is 3. The van der Waals surface area contributed by atoms with Crippen molar-refractivity contribution in [3.8, 4) is 0 Å². The highest BCUT2D eigenvalue weighted by Crippen LogP contribution is 2.18. The molecule has 0 radical (unpaired) electrons. The zero-order valence-corrected chi connectivity index (χ0v) is 42.5. The van der Waals surface area contributed by atoms with E-state index in [0.717, 1.165) is 69.6 Å². The van der Waals surface area contributed by atoms with Gasteiger partial charge in [0.25, 0.3) is 0 Å². The summed E-state index contributed by atoms with van der Waals surface area (Å²) in [6.45, 7) is 11.4. The molecule has 0 aromatic carbocycles. The van der Waals surface area contributed by atoms with Crippen LogP contribution in [-0.4, -0.2) is 37.2 Å². The molecule has 6 nitrogen and oxygen atoms in total. The molecule has 0 aromatic heterocycles. The molecule has 2 atom stereocenters. The lowest BCUT2D eigenvalue weighted by Crippen LogP contribution is -2.30. The minimum Gasteiger partial charge on any atom is -0.462 e. The van der Waals surface area contributed by atoms with Crippen molar-refractivity contribution in [1.29, 1.82) is 0 Å². The van der Waals surface area contributed by atoms with E-state index in [0.29, 0.717) is 19.3 Å². The molecular formula is C56H108O6. The van der Waals surface area contributed by atoms with Crippen molar-refractivity contribution in [3.05, 3.63) is 0 Å². The monoisotopic (exact) mass is 877 g/mol. The minimum absolute atomic E-state index is 0.0639. The second-order valence-corrected chi connectivity index (χ2v) is 19.9. The van der Waals surface area contributed by atoms with Crippen LogP contribution >= 0.6 is 0 Å². The van der Waals surface area contributed by atoms with Gasteiger partial charge in [-0.1, -0.05) is 272 Å². The second kappa shape index (κ2) is 48.9. The highest BCUT2D eigenvalue weighted by Gasteiger charge is 2.19. The van der Waals surface area contributed by atoms with Gasteiger partial charge in [-0.2, -0.15) is 0 Å². The molecule has 0 rings (SSSR count). The average Bonchev–Trinajstić information content (AvgIpc) is 3.26. The van der Waals surface area contributed by atoms with Crippen molar-refractivity contribution >= 4 is 17.9 Å². The fraction of sp³-hybridized carbons (Fsp3) is 0.946. The third kappa shape index (κ3) is 47.9. The van der Waals surface area contributed by atoms with Gasteiger partial charge in [0.2, 0.25) is 0 Å². The molecule has 0 spiro atoms. The Hall–Kier alpha value is -1.59. The van der Waals surface area contributed by atoms with E-state index in [-0.39, 0.29) is 31.1 Å². The van der Waals surface area contributed by atoms with E-state index in [9.17, 15) is 14.4 Å². The molecule has 0 fully saturated rings. The maximum atomic E-state index is 12.8. The fourth-order valence-electron chi connectivity index (χ4n) is 8.49. The molecule has 0 aliphatic carbocycles. The van der Waals surface area contributed by atoms with Gasteiger partial charge in [-0.3, -0.25) is 14.4 Å². The van der Waals surface area contributed by atoms with Crippen molar-refractivity contribution in [1.82, 2.24) is 0 Å². The topological polar surface area (TPSA) is 78.9 Å². The van der Waals surface area contributed by atoms with Crippen LogP contribution in [0, 0.1) is 11.8 Å². The van der Waals surface area contributed by atoms with Crippen molar-refractivity contribution in [3.63, 3.8) is 0 Å². The number of hydrogen-bond donors (Lipinski definition) is 0. The van der Waals surface area contributed by atoms with Crippen LogP contribution in [0.5, 0.6) is 0 Å². The number of hydrogen-bond acceptors (Lipinski definition) is 6. The van der Waals surface area contributed by atoms with Crippen LogP contribution in [0.2, 0.25) is 0 Å². The SMILES string of the molecule is CCCCCCCCCCCCCCCC(=O)O[C@@H](COC(=O)CCCCCCCCCCCCCCCCCCCCC(C)CC)COC(=O)CCCCCCCCC(C)C. The van der Waals surface area contributed by atoms with Gasteiger partial charge in [0.1, 0.15) is 13.2 Å². The summed E-state index contributed by atoms with van der Waals surface area (Å²) in [4.78, 5) is 37.9. The smallest absolute Gasteiger partial charge is 0.306 e. The predicted molar refractivity (Wildman–Crippen MR) is 266 cm³/mol. The summed E-state index contributed by atoms with van der Waals surface area (Å²) in [5.41, 5.74) is 0. The van der Waals surface area contributed by atoms with Gasteiger partial charge in [0, 0.05) is 19.3 Å². The number of carbonyl (C=O) groups excluding carboxylic acids is 3. The van der Waals surface area contributed by atoms with E-state index < -0.39 is 6.10 Å². The maximum Gasteiger partial charge on any atom is 0.306 e. The Balaban J connectivity index is 4.16. The molecule has 1 unspecified atom stereocenters. The zero-order chi connectivity index (χ0) is 45.4. The van der Waals surface area contributed by atoms with Crippen LogP contribution in [0.25, 0.3) is 0 Å². The maximum absolute atomic E-state index is 12.8. The van der Waals surface area contributed by atoms with Crippen LogP contribution in [0.1, 0.15) is 311 Å². The Morgan fingerprint density at radius 2 is 0.613 bits per heavy atom. The van der Waals surface area contributed by atoms with Gasteiger partial charge in [-0.15, -0.1) is 0 Å². The predicted octanol–water partition coefficient (Wildman–Crippen LogP) is 18.1. The van der Waals surface area contributed by atoms with Gasteiger partial charge in [-0.05, 0) is 31.1 Å². The summed E-state index contributed by atoms with van der Waals surface area (Å²) in [7, 11) is 0. The van der Waals surface area contributed by atoms with E-state index in [1.165, 1.54) is 199 Å². The lowest BCUT2D eigenvalue weighted by atomic mass is 9.99. The van der Waals surface area contributed by atoms with E-state index in [4.69, 9.17) is 14.2 Å². The fourth-order valence-corrected chi connectivity index (χ4v) is 8.49. The van der Waals surface area contributed by atoms with Crippen molar-refractivity contribution in [2.24, 2.45) is 11.8 Å². The minimum atomic E-state index is -0.762. The molecule has 0 heterocycles. The second-order valence-electron chi connectivity index (χ2n) is 19.9. The van der Waals surface area contributed by atoms with E-state index in [2.05, 4.69) is 34.6 Å². The van der Waals surface area contributed by atoms with Crippen LogP contribution < -0.4 is 0 Å². The summed E-state index contributed by atoms with van der Waals surface area (Å²) < 4.78 is 16.8. The first-order valence-electron chi connectivity index (χ1n) is 27.8. The van der Waals surface area contributed by atoms with Crippen molar-refractivity contribution < 1.29 is 28.6 Å². The summed E-state index contributed by atoms with van der Waals surface area (Å²) in [6, 6.07) is 0. The quantitative estimate of drug-likeness (QED) is 0.0344. The third-order valence-corrected chi connectivity index (χ3v) is 13.1. The van der Waals surface area contributed by atoms with Gasteiger partial charge in [0.15, 0.2) is 6.10 Å². The van der Waals surface area contributed by atoms with Gasteiger partial charge < -0.3 is 14.2 Å². The molecule has 0 N–H and O–H groups in total. The van der Waals surface area contributed by atoms with Crippen LogP contribution in [0.15, 0.2) is 0 Å². The Morgan fingerprint density at radius 1 is 0.339 bits per heavy atom. The number of carbonyl (C=O) groups is 3. The molecule has 6 heteroatoms. The third-order valence-electron chi connectivity index (χ3n) is 13.1. The Kier molecular flexibility index (Phi) is 47.6. The Labute approximate surface area is 387 Å². The first-order chi connectivity index (χ1) is 30.3. The molecule has 0 saturated heterocycles. The summed E-state index contributed by atoms with van der Waals surface area (Å²) >= 11 is 0. The summed E-state index contributed by atoms with van der Waals surface area (Å²) in [5.74, 6) is 0.824. The van der Waals surface area contributed by atoms with Gasteiger partial charge in [-0.25, -0.2) is 0 Å². The van der Waals surface area contributed by atoms with Crippen molar-refractivity contribution in [2.45, 2.75) is 317 Å². The number of rotatable bonds is 50. The average molecular weight is 877 g/mol. The largest absolute Gasteiger partial charge is 0.462 e. The molecule has 0 aliphatic heterocycles. The van der Waals surface area contributed by atoms with Gasteiger partial charge in [0.05, 0.1) is 0 Å². The Bertz CT molecular complexity index is 949. The first-order valence-corrected chi connectivity index (χ1v) is 27.8. The van der Waals surface area contributed by atoms with E-state index in [1.54, 1.807) is 0 Å². The number of unbranched alkanes of at least 4 members (excludes halogenated alkanes) is 34. The molecule has 368 valence electrons. The van der Waals surface area contributed by atoms with Crippen LogP contribution in [-0.2, 0) is 28.6 Å². The highest BCUT2D eigenvalue weighted by molar-refractivity contribution is 5.71. The molecule has 62 heavy (non-hydrogen) atoms. The highest BCUT2D eigenvalue weighted by atomic mass is 16.6. The molecule has 0 amide bonds. The molecular weight excluding hydrogens is 769 g/mol. The van der Waals surface area contributed by atoms with Crippen LogP contribution in [0.4, 0.5) is 0 Å². The lowest BCUT2D eigenvalue weighted by Gasteiger charge is -2.18. The summed E-state index contributed by atoms with van der Waals surface area (Å²) in [6.07, 6.45) is 51.1. The molecule has 0 bridgehead atoms. The standard InChI is InChI=1S/C56H108O6/c1-6-8-9-10-11-12-13-20-25-28-31-38-43-48-56(59)62-53(50-61-55(58)47-42-37-33-32-34-39-44-51(3)4)49-60-54(57)46-41-36-30-27-24-22-19-17-15-14-16-18-21-23-26-29-35-40-45-52(5)7-2/h51-53H,6-50H2,1-5H3/t52?,53-/m0/s1. The first kappa shape index (κ1) is 60.4. The molecule has 0 aromatic rings. The zero-order valence-electron chi connectivity index (χ0n) is 42.5. The lowest BCUT2D eigenvalue weighted by molar-refractivity contribution is -0.167. The molecule has 0 saturated carbocycles. The summed E-state index contributed by atoms with van der Waals surface area (Å²) in [5, 5.41) is 0.